The first kappa shape index (κ1) is 31.1. The molecular weight excluding hydrogens is 516 g/mol. The molecule has 6 nitrogen and oxygen atoms in total. The van der Waals surface area contributed by atoms with E-state index in [1.54, 1.807) is 37.3 Å². The van der Waals surface area contributed by atoms with E-state index in [2.05, 4.69) is 17.2 Å². The molecule has 4 unspecified atom stereocenters. The number of carbonyl (C=O) groups is 3. The van der Waals surface area contributed by atoms with E-state index in [4.69, 9.17) is 9.84 Å². The molecule has 1 amide bonds. The number of rotatable bonds is 12. The third kappa shape index (κ3) is 8.06. The first-order valence-corrected chi connectivity index (χ1v) is 13.8. The zero-order valence-electron chi connectivity index (χ0n) is 23.3. The summed E-state index contributed by atoms with van der Waals surface area (Å²) in [6.45, 7) is 3.88. The molecule has 2 aromatic carbocycles. The molecule has 0 bridgehead atoms. The second kappa shape index (κ2) is 14.8. The van der Waals surface area contributed by atoms with Crippen LogP contribution in [0.25, 0.3) is 0 Å². The summed E-state index contributed by atoms with van der Waals surface area (Å²) in [7, 11) is 1.41. The number of nitrogens with one attached hydrogen (secondary N) is 1. The predicted octanol–water partition coefficient (Wildman–Crippen LogP) is 4.63. The molecule has 0 aliphatic heterocycles. The molecule has 40 heavy (non-hydrogen) atoms. The number of benzene rings is 2. The molecule has 2 N–H and O–H groups in total. The lowest BCUT2D eigenvalue weighted by Gasteiger charge is -2.18. The molecule has 0 aromatic heterocycles. The van der Waals surface area contributed by atoms with Gasteiger partial charge >= 0.3 is 0 Å². The maximum absolute atomic E-state index is 14.8. The van der Waals surface area contributed by atoms with E-state index in [1.165, 1.54) is 13.1 Å². The first-order chi connectivity index (χ1) is 19.2. The maximum Gasteiger partial charge on any atom is 0.230 e. The highest BCUT2D eigenvalue weighted by atomic mass is 19.2. The molecule has 0 radical (unpaired) electrons. The SMILES string of the molecule is CCOC1CCC(Cc2ccc(C#Cc3ccc(C(=O)C(C)CC(C(=O)CCO)C(=O)NC)cc3)c(F)c2F)C1. The number of carbonyl (C=O) groups excluding carboxylic acids is 3. The minimum absolute atomic E-state index is 0.0214. The van der Waals surface area contributed by atoms with Crippen LogP contribution in [0, 0.1) is 41.2 Å². The average Bonchev–Trinajstić information content (AvgIpc) is 3.40. The van der Waals surface area contributed by atoms with Gasteiger partial charge in [0.1, 0.15) is 5.78 Å². The van der Waals surface area contributed by atoms with Crippen LogP contribution in [0.5, 0.6) is 0 Å². The highest BCUT2D eigenvalue weighted by Crippen LogP contribution is 2.32. The Bertz CT molecular complexity index is 1260. The van der Waals surface area contributed by atoms with Gasteiger partial charge in [0.25, 0.3) is 0 Å². The van der Waals surface area contributed by atoms with Gasteiger partial charge in [0.05, 0.1) is 17.6 Å². The minimum atomic E-state index is -1.02. The van der Waals surface area contributed by atoms with Crippen LogP contribution in [0.2, 0.25) is 0 Å². The Labute approximate surface area is 234 Å². The number of ether oxygens (including phenoxy) is 1. The maximum atomic E-state index is 14.8. The van der Waals surface area contributed by atoms with Crippen molar-refractivity contribution >= 4 is 17.5 Å². The van der Waals surface area contributed by atoms with Gasteiger partial charge in [0, 0.05) is 43.7 Å². The topological polar surface area (TPSA) is 92.7 Å². The molecule has 1 saturated carbocycles. The fraction of sp³-hybridized carbons (Fsp3) is 0.469. The normalized spacial score (nSPS) is 17.9. The highest BCUT2D eigenvalue weighted by molar-refractivity contribution is 6.03. The van der Waals surface area contributed by atoms with Crippen molar-refractivity contribution in [3.8, 4) is 11.8 Å². The summed E-state index contributed by atoms with van der Waals surface area (Å²) in [6, 6.07) is 9.46. The van der Waals surface area contributed by atoms with E-state index in [-0.39, 0.29) is 42.8 Å². The van der Waals surface area contributed by atoms with Crippen LogP contribution in [0.15, 0.2) is 36.4 Å². The van der Waals surface area contributed by atoms with Crippen LogP contribution in [-0.2, 0) is 20.7 Å². The zero-order chi connectivity index (χ0) is 29.2. The molecule has 2 aromatic rings. The van der Waals surface area contributed by atoms with E-state index < -0.39 is 35.2 Å². The van der Waals surface area contributed by atoms with Gasteiger partial charge in [-0.25, -0.2) is 8.78 Å². The Morgan fingerprint density at radius 1 is 1.07 bits per heavy atom. The molecule has 1 aliphatic carbocycles. The van der Waals surface area contributed by atoms with Gasteiger partial charge in [-0.1, -0.05) is 37.0 Å². The third-order valence-corrected chi connectivity index (χ3v) is 7.42. The van der Waals surface area contributed by atoms with Gasteiger partial charge in [-0.2, -0.15) is 0 Å². The molecular formula is C32H37F2NO5. The summed E-state index contributed by atoms with van der Waals surface area (Å²) in [5.74, 6) is 1.13. The number of ketones is 2. The minimum Gasteiger partial charge on any atom is -0.396 e. The Hall–Kier alpha value is -3.41. The van der Waals surface area contributed by atoms with Crippen molar-refractivity contribution in [2.45, 2.75) is 58.5 Å². The number of aliphatic hydroxyl groups is 1. The monoisotopic (exact) mass is 553 g/mol. The summed E-state index contributed by atoms with van der Waals surface area (Å²) < 4.78 is 35.2. The number of hydrogen-bond acceptors (Lipinski definition) is 5. The molecule has 1 fully saturated rings. The Morgan fingerprint density at radius 3 is 2.45 bits per heavy atom. The van der Waals surface area contributed by atoms with Crippen LogP contribution in [0.1, 0.15) is 73.0 Å². The number of hydrogen-bond donors (Lipinski definition) is 2. The lowest BCUT2D eigenvalue weighted by molar-refractivity contribution is -0.134. The lowest BCUT2D eigenvalue weighted by atomic mass is 9.86. The molecule has 0 saturated heterocycles. The molecule has 8 heteroatoms. The Morgan fingerprint density at radius 2 is 1.80 bits per heavy atom. The quantitative estimate of drug-likeness (QED) is 0.227. The summed E-state index contributed by atoms with van der Waals surface area (Å²) in [4.78, 5) is 37.3. The zero-order valence-corrected chi connectivity index (χ0v) is 23.3. The van der Waals surface area contributed by atoms with Crippen molar-refractivity contribution in [1.29, 1.82) is 0 Å². The van der Waals surface area contributed by atoms with E-state index in [9.17, 15) is 23.2 Å². The van der Waals surface area contributed by atoms with Crippen molar-refractivity contribution in [3.05, 3.63) is 70.3 Å². The van der Waals surface area contributed by atoms with Crippen LogP contribution < -0.4 is 5.32 Å². The van der Waals surface area contributed by atoms with Crippen molar-refractivity contribution in [2.75, 3.05) is 20.3 Å². The van der Waals surface area contributed by atoms with Crippen molar-refractivity contribution in [3.63, 3.8) is 0 Å². The fourth-order valence-corrected chi connectivity index (χ4v) is 5.20. The Kier molecular flexibility index (Phi) is 11.5. The van der Waals surface area contributed by atoms with Crippen LogP contribution >= 0.6 is 0 Å². The van der Waals surface area contributed by atoms with Crippen molar-refractivity contribution in [2.24, 2.45) is 17.8 Å². The van der Waals surface area contributed by atoms with Gasteiger partial charge in [-0.3, -0.25) is 14.4 Å². The molecule has 4 atom stereocenters. The molecule has 214 valence electrons. The average molecular weight is 554 g/mol. The van der Waals surface area contributed by atoms with E-state index in [0.717, 1.165) is 19.3 Å². The van der Waals surface area contributed by atoms with Crippen molar-refractivity contribution in [1.82, 2.24) is 5.32 Å². The van der Waals surface area contributed by atoms with Gasteiger partial charge in [-0.15, -0.1) is 0 Å². The van der Waals surface area contributed by atoms with E-state index in [1.807, 2.05) is 6.92 Å². The smallest absolute Gasteiger partial charge is 0.230 e. The van der Waals surface area contributed by atoms with E-state index >= 15 is 0 Å². The van der Waals surface area contributed by atoms with Gasteiger partial charge in [0.2, 0.25) is 5.91 Å². The number of halogens is 2. The fourth-order valence-electron chi connectivity index (χ4n) is 5.20. The second-order valence-corrected chi connectivity index (χ2v) is 10.3. The second-order valence-electron chi connectivity index (χ2n) is 10.3. The summed E-state index contributed by atoms with van der Waals surface area (Å²) in [6.07, 6.45) is 3.25. The molecule has 1 aliphatic rings. The summed E-state index contributed by atoms with van der Waals surface area (Å²) >= 11 is 0. The predicted molar refractivity (Wildman–Crippen MR) is 148 cm³/mol. The molecule has 3 rings (SSSR count). The largest absolute Gasteiger partial charge is 0.396 e. The summed E-state index contributed by atoms with van der Waals surface area (Å²) in [5, 5.41) is 11.5. The number of Topliss-reactive ketones (excluding diaryl/α,β-unsaturated/α-hetero) is 2. The molecule has 0 spiro atoms. The van der Waals surface area contributed by atoms with Crippen LogP contribution in [0.4, 0.5) is 8.78 Å². The van der Waals surface area contributed by atoms with Crippen molar-refractivity contribution < 1.29 is 33.0 Å². The lowest BCUT2D eigenvalue weighted by Crippen LogP contribution is -2.35. The van der Waals surface area contributed by atoms with Crippen LogP contribution in [-0.4, -0.2) is 48.9 Å². The standard InChI is InChI=1S/C32H37F2NO5/c1-4-40-26-14-8-22(19-26)18-25-13-12-23(29(33)30(25)34)9-5-21-6-10-24(11-7-21)31(38)20(2)17-27(32(39)35-3)28(37)15-16-36/h6-7,10-13,20,22,26-27,36H,4,8,14-19H2,1-3H3,(H,35,39). The number of aliphatic hydroxyl groups excluding tert-OH is 1. The number of amides is 1. The van der Waals surface area contributed by atoms with Gasteiger partial charge in [-0.05, 0) is 68.7 Å². The van der Waals surface area contributed by atoms with Gasteiger partial charge in [0.15, 0.2) is 17.4 Å². The molecule has 0 heterocycles. The first-order valence-electron chi connectivity index (χ1n) is 13.8. The Balaban J connectivity index is 1.65. The third-order valence-electron chi connectivity index (χ3n) is 7.42. The summed E-state index contributed by atoms with van der Waals surface area (Å²) in [5.41, 5.74) is 1.20. The highest BCUT2D eigenvalue weighted by Gasteiger charge is 2.30. The van der Waals surface area contributed by atoms with Gasteiger partial charge < -0.3 is 15.2 Å². The van der Waals surface area contributed by atoms with E-state index in [0.29, 0.717) is 29.7 Å². The van der Waals surface area contributed by atoms with Crippen LogP contribution in [0.3, 0.4) is 0 Å².